The predicted molar refractivity (Wildman–Crippen MR) is 147 cm³/mol. The highest BCUT2D eigenvalue weighted by Crippen LogP contribution is 2.33. The van der Waals surface area contributed by atoms with Gasteiger partial charge in [-0.25, -0.2) is 13.4 Å². The number of nitrogens with zero attached hydrogens (tertiary/aromatic N) is 2. The van der Waals surface area contributed by atoms with Crippen molar-refractivity contribution < 1.29 is 31.1 Å². The topological polar surface area (TPSA) is 92.0 Å². The number of ether oxygens (including phenoxy) is 2. The molecule has 2 heterocycles. The second-order valence-electron chi connectivity index (χ2n) is 8.98. The second kappa shape index (κ2) is 12.4. The third-order valence-corrected chi connectivity index (χ3v) is 8.14. The van der Waals surface area contributed by atoms with E-state index in [1.165, 1.54) is 23.5 Å². The number of benzene rings is 2. The lowest BCUT2D eigenvalue weighted by molar-refractivity contribution is -0.0605. The number of hydrogen-bond acceptors (Lipinski definition) is 8. The van der Waals surface area contributed by atoms with E-state index >= 15 is 0 Å². The maximum atomic E-state index is 13.3. The summed E-state index contributed by atoms with van der Waals surface area (Å²) in [5.74, 6) is 0.430. The van der Waals surface area contributed by atoms with E-state index in [-0.39, 0.29) is 10.6 Å². The van der Waals surface area contributed by atoms with Gasteiger partial charge in [0.15, 0.2) is 9.84 Å². The minimum atomic E-state index is -4.79. The number of sulfone groups is 1. The van der Waals surface area contributed by atoms with E-state index in [0.29, 0.717) is 53.8 Å². The van der Waals surface area contributed by atoms with E-state index in [0.717, 1.165) is 19.3 Å². The van der Waals surface area contributed by atoms with Crippen molar-refractivity contribution in [3.05, 3.63) is 64.9 Å². The van der Waals surface area contributed by atoms with Gasteiger partial charge in [-0.1, -0.05) is 24.3 Å². The summed E-state index contributed by atoms with van der Waals surface area (Å²) < 4.78 is 75.3. The number of aliphatic imine (C=N–C) groups is 1. The Bertz CT molecular complexity index is 1450. The van der Waals surface area contributed by atoms with E-state index < -0.39 is 28.1 Å². The third kappa shape index (κ3) is 7.98. The third-order valence-electron chi connectivity index (χ3n) is 6.06. The fraction of sp³-hybridized carbons (Fsp3) is 0.333. The monoisotopic (exact) mass is 579 g/mol. The first-order valence-electron chi connectivity index (χ1n) is 12.1. The number of halogens is 3. The second-order valence-corrected chi connectivity index (χ2v) is 11.9. The molecule has 4 rings (SSSR count). The zero-order valence-corrected chi connectivity index (χ0v) is 22.8. The average Bonchev–Trinajstić information content (AvgIpc) is 3.39. The largest absolute Gasteiger partial charge is 0.490 e. The Morgan fingerprint density at radius 2 is 1.85 bits per heavy atom. The average molecular weight is 580 g/mol. The molecule has 0 atom stereocenters. The molecule has 39 heavy (non-hydrogen) atoms. The number of rotatable bonds is 10. The molecule has 1 saturated heterocycles. The summed E-state index contributed by atoms with van der Waals surface area (Å²) in [5, 5.41) is 9.35. The van der Waals surface area contributed by atoms with Crippen molar-refractivity contribution in [1.29, 1.82) is 5.41 Å². The van der Waals surface area contributed by atoms with Gasteiger partial charge in [-0.15, -0.1) is 11.3 Å². The van der Waals surface area contributed by atoms with Crippen LogP contribution in [-0.4, -0.2) is 76.6 Å². The van der Waals surface area contributed by atoms with Crippen molar-refractivity contribution in [2.75, 3.05) is 45.7 Å². The summed E-state index contributed by atoms with van der Waals surface area (Å²) in [6.45, 7) is 3.99. The molecule has 1 aromatic heterocycles. The summed E-state index contributed by atoms with van der Waals surface area (Å²) in [6, 6.07) is 14.9. The molecule has 0 saturated carbocycles. The Morgan fingerprint density at radius 1 is 1.10 bits per heavy atom. The molecular weight excluding hydrogens is 551 g/mol. The minimum Gasteiger partial charge on any atom is -0.490 e. The van der Waals surface area contributed by atoms with Crippen LogP contribution in [0.3, 0.4) is 0 Å². The van der Waals surface area contributed by atoms with Crippen LogP contribution in [0.15, 0.2) is 69.9 Å². The lowest BCUT2D eigenvalue weighted by Gasteiger charge is -2.26. The van der Waals surface area contributed by atoms with Crippen LogP contribution in [-0.2, 0) is 14.6 Å². The molecule has 0 aliphatic carbocycles. The van der Waals surface area contributed by atoms with Crippen molar-refractivity contribution in [2.45, 2.75) is 17.5 Å². The standard InChI is InChI=1S/C27H28F3N3O4S2/c1-39(34,35)21-6-4-5-19(15-21)20-16-25(38-18-20)23(17-26(31)27(28,29)30)32-22-7-2-3-8-24(22)37-14-11-33-9-12-36-13-10-33/h2-8,15-16,18,31H,9-14,17H2,1H3. The summed E-state index contributed by atoms with van der Waals surface area (Å²) >= 11 is 1.18. The van der Waals surface area contributed by atoms with Crippen molar-refractivity contribution in [1.82, 2.24) is 4.90 Å². The van der Waals surface area contributed by atoms with Crippen LogP contribution in [0.25, 0.3) is 11.1 Å². The lowest BCUT2D eigenvalue weighted by Crippen LogP contribution is -2.38. The van der Waals surface area contributed by atoms with Gasteiger partial charge in [0.1, 0.15) is 23.8 Å². The van der Waals surface area contributed by atoms with Crippen LogP contribution in [0.5, 0.6) is 5.75 Å². The summed E-state index contributed by atoms with van der Waals surface area (Å²) in [7, 11) is -3.43. The molecule has 208 valence electrons. The molecule has 2 aromatic carbocycles. The highest BCUT2D eigenvalue weighted by molar-refractivity contribution is 7.90. The maximum Gasteiger partial charge on any atom is 0.429 e. The van der Waals surface area contributed by atoms with Gasteiger partial charge in [0.05, 0.1) is 23.8 Å². The number of hydrogen-bond donors (Lipinski definition) is 1. The van der Waals surface area contributed by atoms with E-state index in [4.69, 9.17) is 14.9 Å². The molecule has 0 unspecified atom stereocenters. The Morgan fingerprint density at radius 3 is 2.56 bits per heavy atom. The Hall–Kier alpha value is -3.06. The van der Waals surface area contributed by atoms with Gasteiger partial charge in [0, 0.05) is 37.2 Å². The molecule has 1 aliphatic heterocycles. The van der Waals surface area contributed by atoms with Gasteiger partial charge >= 0.3 is 6.18 Å². The van der Waals surface area contributed by atoms with E-state index in [1.54, 1.807) is 47.8 Å². The van der Waals surface area contributed by atoms with Gasteiger partial charge in [-0.2, -0.15) is 13.2 Å². The first-order valence-corrected chi connectivity index (χ1v) is 14.9. The molecule has 0 bridgehead atoms. The van der Waals surface area contributed by atoms with Crippen LogP contribution >= 0.6 is 11.3 Å². The number of morpholine rings is 1. The fourth-order valence-corrected chi connectivity index (χ4v) is 5.49. The van der Waals surface area contributed by atoms with Gasteiger partial charge in [0.2, 0.25) is 0 Å². The highest BCUT2D eigenvalue weighted by atomic mass is 32.2. The van der Waals surface area contributed by atoms with Crippen LogP contribution in [0.2, 0.25) is 0 Å². The van der Waals surface area contributed by atoms with Crippen LogP contribution in [0.4, 0.5) is 18.9 Å². The van der Waals surface area contributed by atoms with Crippen molar-refractivity contribution in [3.63, 3.8) is 0 Å². The van der Waals surface area contributed by atoms with E-state index in [9.17, 15) is 21.6 Å². The first kappa shape index (κ1) is 28.9. The molecule has 0 spiro atoms. The van der Waals surface area contributed by atoms with E-state index in [2.05, 4.69) is 9.89 Å². The van der Waals surface area contributed by atoms with Crippen LogP contribution in [0, 0.1) is 5.41 Å². The normalized spacial score (nSPS) is 15.3. The SMILES string of the molecule is CS(=O)(=O)c1cccc(-c2csc(C(CC(=N)C(F)(F)F)=Nc3ccccc3OCCN3CCOCC3)c2)c1. The van der Waals surface area contributed by atoms with E-state index in [1.807, 2.05) is 0 Å². The van der Waals surface area contributed by atoms with Crippen molar-refractivity contribution in [2.24, 2.45) is 4.99 Å². The quantitative estimate of drug-likeness (QED) is 0.315. The molecule has 1 N–H and O–H groups in total. The number of nitrogens with one attached hydrogen (secondary N) is 1. The first-order chi connectivity index (χ1) is 18.5. The number of alkyl halides is 3. The highest BCUT2D eigenvalue weighted by Gasteiger charge is 2.35. The van der Waals surface area contributed by atoms with Crippen LogP contribution in [0.1, 0.15) is 11.3 Å². The smallest absolute Gasteiger partial charge is 0.429 e. The van der Waals surface area contributed by atoms with Crippen LogP contribution < -0.4 is 4.74 Å². The van der Waals surface area contributed by atoms with Crippen molar-refractivity contribution >= 4 is 38.3 Å². The molecule has 12 heteroatoms. The zero-order valence-electron chi connectivity index (χ0n) is 21.2. The molecule has 0 amide bonds. The molecule has 3 aromatic rings. The summed E-state index contributed by atoms with van der Waals surface area (Å²) in [5.41, 5.74) is 0.260. The Balaban J connectivity index is 1.63. The molecule has 7 nitrogen and oxygen atoms in total. The molecule has 1 fully saturated rings. The van der Waals surface area contributed by atoms with Gasteiger partial charge in [0.25, 0.3) is 0 Å². The van der Waals surface area contributed by atoms with Gasteiger partial charge in [-0.05, 0) is 46.8 Å². The molecule has 1 aliphatic rings. The zero-order chi connectivity index (χ0) is 28.0. The number of para-hydroxylation sites is 2. The van der Waals surface area contributed by atoms with Gasteiger partial charge in [-0.3, -0.25) is 4.90 Å². The maximum absolute atomic E-state index is 13.3. The fourth-order valence-electron chi connectivity index (χ4n) is 3.92. The predicted octanol–water partition coefficient (Wildman–Crippen LogP) is 5.62. The minimum absolute atomic E-state index is 0.0667. The summed E-state index contributed by atoms with van der Waals surface area (Å²) in [4.78, 5) is 7.33. The van der Waals surface area contributed by atoms with Gasteiger partial charge < -0.3 is 14.9 Å². The molecule has 0 radical (unpaired) electrons. The Kier molecular flexibility index (Phi) is 9.21. The molecular formula is C27H28F3N3O4S2. The number of thiophene rings is 1. The summed E-state index contributed by atoms with van der Waals surface area (Å²) in [6.07, 6.45) is -4.41. The lowest BCUT2D eigenvalue weighted by atomic mass is 10.1. The van der Waals surface area contributed by atoms with Crippen molar-refractivity contribution in [3.8, 4) is 16.9 Å². The Labute approximate surface area is 229 Å².